The molecule has 0 N–H and O–H groups in total. The zero-order valence-corrected chi connectivity index (χ0v) is 15.8. The maximum absolute atomic E-state index is 13.9. The highest BCUT2D eigenvalue weighted by Crippen LogP contribution is 2.28. The Labute approximate surface area is 162 Å². The Bertz CT molecular complexity index is 795. The molecule has 1 amide bonds. The third-order valence-electron chi connectivity index (χ3n) is 4.33. The van der Waals surface area contributed by atoms with E-state index in [0.29, 0.717) is 47.7 Å². The zero-order chi connectivity index (χ0) is 18.7. The number of rotatable bonds is 4. The van der Waals surface area contributed by atoms with Gasteiger partial charge in [-0.15, -0.1) is 0 Å². The second kappa shape index (κ2) is 8.14. The van der Waals surface area contributed by atoms with Crippen LogP contribution >= 0.6 is 23.2 Å². The summed E-state index contributed by atoms with van der Waals surface area (Å²) in [5.74, 6) is 0.0486. The van der Waals surface area contributed by atoms with Crippen LogP contribution in [-0.2, 0) is 4.79 Å². The first-order valence-electron chi connectivity index (χ1n) is 8.35. The van der Waals surface area contributed by atoms with Crippen LogP contribution in [0.15, 0.2) is 42.5 Å². The van der Waals surface area contributed by atoms with E-state index < -0.39 is 6.10 Å². The number of halogens is 3. The van der Waals surface area contributed by atoms with Crippen LogP contribution in [0.25, 0.3) is 0 Å². The molecule has 2 aromatic rings. The van der Waals surface area contributed by atoms with Crippen LogP contribution in [0.1, 0.15) is 6.92 Å². The predicted molar refractivity (Wildman–Crippen MR) is 102 cm³/mol. The van der Waals surface area contributed by atoms with E-state index in [0.717, 1.165) is 0 Å². The number of hydrogen-bond acceptors (Lipinski definition) is 3. The van der Waals surface area contributed by atoms with Gasteiger partial charge in [-0.05, 0) is 37.3 Å². The first kappa shape index (κ1) is 18.8. The Hall–Kier alpha value is -1.98. The fraction of sp³-hybridized carbons (Fsp3) is 0.316. The highest BCUT2D eigenvalue weighted by Gasteiger charge is 2.27. The molecule has 1 heterocycles. The van der Waals surface area contributed by atoms with E-state index in [9.17, 15) is 9.18 Å². The van der Waals surface area contributed by atoms with Gasteiger partial charge in [0.05, 0.1) is 10.7 Å². The van der Waals surface area contributed by atoms with Crippen LogP contribution in [0, 0.1) is 5.82 Å². The summed E-state index contributed by atoms with van der Waals surface area (Å²) in [7, 11) is 0. The lowest BCUT2D eigenvalue weighted by Gasteiger charge is -2.37. The normalized spacial score (nSPS) is 15.7. The van der Waals surface area contributed by atoms with Gasteiger partial charge in [0.1, 0.15) is 11.6 Å². The summed E-state index contributed by atoms with van der Waals surface area (Å²) in [6.45, 7) is 3.85. The maximum Gasteiger partial charge on any atom is 0.263 e. The number of amides is 1. The number of nitrogens with zero attached hydrogens (tertiary/aromatic N) is 2. The minimum Gasteiger partial charge on any atom is -0.479 e. The van der Waals surface area contributed by atoms with Gasteiger partial charge in [-0.3, -0.25) is 4.79 Å². The molecule has 1 fully saturated rings. The summed E-state index contributed by atoms with van der Waals surface area (Å²) in [6, 6.07) is 11.5. The van der Waals surface area contributed by atoms with Crippen LogP contribution in [0.5, 0.6) is 5.75 Å². The monoisotopic (exact) mass is 396 g/mol. The van der Waals surface area contributed by atoms with Crippen molar-refractivity contribution in [3.05, 3.63) is 58.3 Å². The molecule has 4 nitrogen and oxygen atoms in total. The molecule has 0 aromatic heterocycles. The molecule has 0 spiro atoms. The first-order chi connectivity index (χ1) is 12.5. The molecule has 0 unspecified atom stereocenters. The van der Waals surface area contributed by atoms with Crippen LogP contribution in [0.4, 0.5) is 10.1 Å². The molecule has 0 bridgehead atoms. The average molecular weight is 397 g/mol. The number of carbonyl (C=O) groups excluding carboxylic acids is 1. The van der Waals surface area contributed by atoms with Crippen molar-refractivity contribution >= 4 is 34.8 Å². The Balaban J connectivity index is 1.58. The Kier molecular flexibility index (Phi) is 5.89. The molecule has 1 saturated heterocycles. The van der Waals surface area contributed by atoms with Crippen molar-refractivity contribution in [2.24, 2.45) is 0 Å². The fourth-order valence-corrected chi connectivity index (χ4v) is 3.40. The summed E-state index contributed by atoms with van der Waals surface area (Å²) >= 11 is 12.0. The second-order valence-corrected chi connectivity index (χ2v) is 6.94. The van der Waals surface area contributed by atoms with E-state index in [1.54, 1.807) is 42.2 Å². The number of piperazine rings is 1. The molecule has 138 valence electrons. The quantitative estimate of drug-likeness (QED) is 0.774. The molecule has 1 aliphatic heterocycles. The van der Waals surface area contributed by atoms with Gasteiger partial charge in [0.15, 0.2) is 6.10 Å². The van der Waals surface area contributed by atoms with Gasteiger partial charge in [0.25, 0.3) is 5.91 Å². The lowest BCUT2D eigenvalue weighted by molar-refractivity contribution is -0.138. The SMILES string of the molecule is C[C@@H](Oc1ccc(Cl)cc1Cl)C(=O)N1CCN(c2ccccc2F)CC1. The lowest BCUT2D eigenvalue weighted by atomic mass is 10.2. The smallest absolute Gasteiger partial charge is 0.263 e. The molecule has 7 heteroatoms. The number of hydrogen-bond donors (Lipinski definition) is 0. The van der Waals surface area contributed by atoms with Gasteiger partial charge in [0, 0.05) is 31.2 Å². The van der Waals surface area contributed by atoms with Gasteiger partial charge >= 0.3 is 0 Å². The van der Waals surface area contributed by atoms with Crippen LogP contribution in [0.2, 0.25) is 10.0 Å². The Morgan fingerprint density at radius 3 is 2.46 bits per heavy atom. The zero-order valence-electron chi connectivity index (χ0n) is 14.3. The molecule has 0 radical (unpaired) electrons. The topological polar surface area (TPSA) is 32.8 Å². The molecule has 0 aliphatic carbocycles. The number of para-hydroxylation sites is 1. The molecular formula is C19H19Cl2FN2O2. The standard InChI is InChI=1S/C19H19Cl2FN2O2/c1-13(26-18-7-6-14(20)12-15(18)21)19(25)24-10-8-23(9-11-24)17-5-3-2-4-16(17)22/h2-7,12-13H,8-11H2,1H3/t13-/m1/s1. The highest BCUT2D eigenvalue weighted by molar-refractivity contribution is 6.35. The highest BCUT2D eigenvalue weighted by atomic mass is 35.5. The first-order valence-corrected chi connectivity index (χ1v) is 9.11. The van der Waals surface area contributed by atoms with Gasteiger partial charge in [-0.25, -0.2) is 4.39 Å². The van der Waals surface area contributed by atoms with Crippen molar-refractivity contribution in [2.75, 3.05) is 31.1 Å². The van der Waals surface area contributed by atoms with E-state index in [1.165, 1.54) is 6.07 Å². The van der Waals surface area contributed by atoms with Crippen LogP contribution in [-0.4, -0.2) is 43.1 Å². The largest absolute Gasteiger partial charge is 0.479 e. The van der Waals surface area contributed by atoms with E-state index in [2.05, 4.69) is 0 Å². The van der Waals surface area contributed by atoms with Crippen molar-refractivity contribution in [1.29, 1.82) is 0 Å². The van der Waals surface area contributed by atoms with Gasteiger partial charge in [-0.2, -0.15) is 0 Å². The van der Waals surface area contributed by atoms with Crippen molar-refractivity contribution in [2.45, 2.75) is 13.0 Å². The van der Waals surface area contributed by atoms with Crippen LogP contribution < -0.4 is 9.64 Å². The molecular weight excluding hydrogens is 378 g/mol. The third-order valence-corrected chi connectivity index (χ3v) is 4.86. The summed E-state index contributed by atoms with van der Waals surface area (Å²) in [5, 5.41) is 0.868. The summed E-state index contributed by atoms with van der Waals surface area (Å²) in [4.78, 5) is 16.3. The van der Waals surface area contributed by atoms with Gasteiger partial charge in [0.2, 0.25) is 0 Å². The number of ether oxygens (including phenoxy) is 1. The van der Waals surface area contributed by atoms with Gasteiger partial charge in [-0.1, -0.05) is 35.3 Å². The Morgan fingerprint density at radius 1 is 1.12 bits per heavy atom. The third kappa shape index (κ3) is 4.22. The summed E-state index contributed by atoms with van der Waals surface area (Å²) < 4.78 is 19.6. The lowest BCUT2D eigenvalue weighted by Crippen LogP contribution is -2.52. The molecule has 1 atom stereocenters. The van der Waals surface area contributed by atoms with E-state index >= 15 is 0 Å². The summed E-state index contributed by atoms with van der Waals surface area (Å²) in [6.07, 6.45) is -0.673. The number of carbonyl (C=O) groups is 1. The predicted octanol–water partition coefficient (Wildman–Crippen LogP) is 4.25. The van der Waals surface area contributed by atoms with E-state index in [-0.39, 0.29) is 11.7 Å². The molecule has 0 saturated carbocycles. The minimum absolute atomic E-state index is 0.121. The van der Waals surface area contributed by atoms with E-state index in [1.807, 2.05) is 11.0 Å². The second-order valence-electron chi connectivity index (χ2n) is 6.10. The maximum atomic E-state index is 13.9. The van der Waals surface area contributed by atoms with Crippen molar-refractivity contribution in [3.63, 3.8) is 0 Å². The minimum atomic E-state index is -0.673. The molecule has 2 aromatic carbocycles. The summed E-state index contributed by atoms with van der Waals surface area (Å²) in [5.41, 5.74) is 0.567. The van der Waals surface area contributed by atoms with Crippen molar-refractivity contribution in [1.82, 2.24) is 4.90 Å². The van der Waals surface area contributed by atoms with E-state index in [4.69, 9.17) is 27.9 Å². The molecule has 26 heavy (non-hydrogen) atoms. The molecule has 3 rings (SSSR count). The number of anilines is 1. The Morgan fingerprint density at radius 2 is 1.81 bits per heavy atom. The van der Waals surface area contributed by atoms with Gasteiger partial charge < -0.3 is 14.5 Å². The van der Waals surface area contributed by atoms with Crippen LogP contribution in [0.3, 0.4) is 0 Å². The molecule has 1 aliphatic rings. The fourth-order valence-electron chi connectivity index (χ4n) is 2.94. The number of benzene rings is 2. The van der Waals surface area contributed by atoms with Crippen molar-refractivity contribution in [3.8, 4) is 5.75 Å². The van der Waals surface area contributed by atoms with Crippen molar-refractivity contribution < 1.29 is 13.9 Å². The average Bonchev–Trinajstić information content (AvgIpc) is 2.64.